The minimum Gasteiger partial charge on any atom is -0.0622 e. The Balaban J connectivity index is 1.29. The van der Waals surface area contributed by atoms with Gasteiger partial charge in [0, 0.05) is 0 Å². The molecule has 0 aliphatic carbocycles. The van der Waals surface area contributed by atoms with Crippen LogP contribution in [0.25, 0.3) is 109 Å². The normalized spacial score (nSPS) is 11.8. The Labute approximate surface area is 302 Å². The van der Waals surface area contributed by atoms with Gasteiger partial charge in [-0.15, -0.1) is 0 Å². The van der Waals surface area contributed by atoms with Crippen LogP contribution in [0.1, 0.15) is 0 Å². The quantitative estimate of drug-likeness (QED) is 0.131. The first-order chi connectivity index (χ1) is 25.8. The second kappa shape index (κ2) is 11.4. The van der Waals surface area contributed by atoms with E-state index in [0.717, 1.165) is 0 Å². The predicted octanol–water partition coefficient (Wildman–Crippen LogP) is 14.7. The molecule has 0 saturated heterocycles. The Morgan fingerprint density at radius 2 is 0.712 bits per heavy atom. The molecule has 0 heteroatoms. The molecular formula is C52H32. The maximum atomic E-state index is 2.39. The molecule has 0 spiro atoms. The highest BCUT2D eigenvalue weighted by Gasteiger charge is 2.23. The molecule has 0 aliphatic heterocycles. The average Bonchev–Trinajstić information content (AvgIpc) is 3.22. The maximum absolute atomic E-state index is 2.39. The molecule has 0 saturated carbocycles. The van der Waals surface area contributed by atoms with Crippen molar-refractivity contribution in [2.75, 3.05) is 0 Å². The molecule has 0 N–H and O–H groups in total. The molecule has 0 heterocycles. The van der Waals surface area contributed by atoms with E-state index in [1.165, 1.54) is 109 Å². The molecule has 0 unspecified atom stereocenters. The van der Waals surface area contributed by atoms with Crippen LogP contribution in [-0.4, -0.2) is 0 Å². The predicted molar refractivity (Wildman–Crippen MR) is 224 cm³/mol. The molecule has 11 rings (SSSR count). The molecule has 0 nitrogen and oxygen atoms in total. The molecular weight excluding hydrogens is 625 g/mol. The topological polar surface area (TPSA) is 0 Å². The SMILES string of the molecule is c1ccc(-c2ccccc2-c2ccc3c4c2cccc4c2cccc4c(-c5ccc6ccccc6c5-c5ccccc5)c5ccccc5c3c42)cc1. The van der Waals surface area contributed by atoms with Crippen molar-refractivity contribution in [3.8, 4) is 44.5 Å². The average molecular weight is 657 g/mol. The molecule has 11 aromatic rings. The third-order valence-electron chi connectivity index (χ3n) is 11.2. The van der Waals surface area contributed by atoms with Crippen LogP contribution in [0.4, 0.5) is 0 Å². The summed E-state index contributed by atoms with van der Waals surface area (Å²) in [5.41, 5.74) is 10.1. The first-order valence-electron chi connectivity index (χ1n) is 18.1. The zero-order valence-corrected chi connectivity index (χ0v) is 28.5. The van der Waals surface area contributed by atoms with Crippen molar-refractivity contribution >= 4 is 64.6 Å². The summed E-state index contributed by atoms with van der Waals surface area (Å²) >= 11 is 0. The lowest BCUT2D eigenvalue weighted by molar-refractivity contribution is 1.60. The van der Waals surface area contributed by atoms with Gasteiger partial charge in [0.1, 0.15) is 0 Å². The van der Waals surface area contributed by atoms with E-state index in [2.05, 4.69) is 194 Å². The molecule has 0 aliphatic rings. The fourth-order valence-corrected chi connectivity index (χ4v) is 9.08. The van der Waals surface area contributed by atoms with Crippen LogP contribution in [0, 0.1) is 0 Å². The van der Waals surface area contributed by atoms with E-state index in [1.807, 2.05) is 0 Å². The van der Waals surface area contributed by atoms with E-state index in [9.17, 15) is 0 Å². The van der Waals surface area contributed by atoms with Crippen LogP contribution in [0.3, 0.4) is 0 Å². The van der Waals surface area contributed by atoms with Gasteiger partial charge in [-0.05, 0) is 109 Å². The van der Waals surface area contributed by atoms with Crippen LogP contribution < -0.4 is 0 Å². The Kier molecular flexibility index (Phi) is 6.35. The molecule has 11 aromatic carbocycles. The second-order valence-corrected chi connectivity index (χ2v) is 13.9. The van der Waals surface area contributed by atoms with Gasteiger partial charge in [0.25, 0.3) is 0 Å². The number of fused-ring (bicyclic) bond motifs is 5. The number of hydrogen-bond acceptors (Lipinski definition) is 0. The summed E-state index contributed by atoms with van der Waals surface area (Å²) in [6.45, 7) is 0. The number of rotatable bonds is 4. The highest BCUT2D eigenvalue weighted by molar-refractivity contribution is 6.41. The highest BCUT2D eigenvalue weighted by atomic mass is 14.3. The molecule has 240 valence electrons. The van der Waals surface area contributed by atoms with Crippen LogP contribution in [0.5, 0.6) is 0 Å². The van der Waals surface area contributed by atoms with E-state index < -0.39 is 0 Å². The fourth-order valence-electron chi connectivity index (χ4n) is 9.08. The standard InChI is InChI=1S/C52H32/c1-3-15-33(16-4-1)36-20-9-10-22-38(36)39-31-32-47-49-40(39)25-13-26-42(49)44-27-14-28-45-50(41-23-11-12-24-43(41)52(47)51(44)45)46-30-29-34-17-7-8-21-37(34)48(46)35-18-5-2-6-19-35/h1-32H. The zero-order chi connectivity index (χ0) is 34.2. The van der Waals surface area contributed by atoms with Crippen molar-refractivity contribution in [3.63, 3.8) is 0 Å². The van der Waals surface area contributed by atoms with Crippen molar-refractivity contribution in [2.45, 2.75) is 0 Å². The lowest BCUT2D eigenvalue weighted by atomic mass is 9.80. The van der Waals surface area contributed by atoms with Crippen LogP contribution in [-0.2, 0) is 0 Å². The third-order valence-corrected chi connectivity index (χ3v) is 11.2. The van der Waals surface area contributed by atoms with Gasteiger partial charge in [-0.3, -0.25) is 0 Å². The summed E-state index contributed by atoms with van der Waals surface area (Å²) in [5, 5.41) is 15.6. The van der Waals surface area contributed by atoms with Gasteiger partial charge in [-0.25, -0.2) is 0 Å². The number of hydrogen-bond donors (Lipinski definition) is 0. The van der Waals surface area contributed by atoms with Gasteiger partial charge in [-0.2, -0.15) is 0 Å². The van der Waals surface area contributed by atoms with Crippen LogP contribution in [0.15, 0.2) is 194 Å². The summed E-state index contributed by atoms with van der Waals surface area (Å²) in [6, 6.07) is 71.7. The Morgan fingerprint density at radius 1 is 0.192 bits per heavy atom. The summed E-state index contributed by atoms with van der Waals surface area (Å²) < 4.78 is 0. The van der Waals surface area contributed by atoms with Crippen molar-refractivity contribution < 1.29 is 0 Å². The summed E-state index contributed by atoms with van der Waals surface area (Å²) in [6.07, 6.45) is 0. The maximum Gasteiger partial charge on any atom is -0.00137 e. The lowest BCUT2D eigenvalue weighted by Gasteiger charge is -2.23. The van der Waals surface area contributed by atoms with Gasteiger partial charge in [0.15, 0.2) is 0 Å². The van der Waals surface area contributed by atoms with E-state index in [0.29, 0.717) is 0 Å². The Hall–Kier alpha value is -6.76. The van der Waals surface area contributed by atoms with Gasteiger partial charge in [0.05, 0.1) is 0 Å². The van der Waals surface area contributed by atoms with Crippen molar-refractivity contribution in [3.05, 3.63) is 194 Å². The molecule has 0 amide bonds. The highest BCUT2D eigenvalue weighted by Crippen LogP contribution is 2.51. The van der Waals surface area contributed by atoms with Crippen molar-refractivity contribution in [1.29, 1.82) is 0 Å². The van der Waals surface area contributed by atoms with Gasteiger partial charge in [0.2, 0.25) is 0 Å². The zero-order valence-electron chi connectivity index (χ0n) is 28.5. The van der Waals surface area contributed by atoms with Gasteiger partial charge < -0.3 is 0 Å². The molecule has 0 bridgehead atoms. The minimum atomic E-state index is 1.23. The monoisotopic (exact) mass is 656 g/mol. The fraction of sp³-hybridized carbons (Fsp3) is 0. The minimum absolute atomic E-state index is 1.23. The van der Waals surface area contributed by atoms with Crippen molar-refractivity contribution in [2.24, 2.45) is 0 Å². The van der Waals surface area contributed by atoms with E-state index >= 15 is 0 Å². The first kappa shape index (κ1) is 29.0. The van der Waals surface area contributed by atoms with Crippen LogP contribution in [0.2, 0.25) is 0 Å². The van der Waals surface area contributed by atoms with Crippen LogP contribution >= 0.6 is 0 Å². The second-order valence-electron chi connectivity index (χ2n) is 13.9. The van der Waals surface area contributed by atoms with E-state index in [4.69, 9.17) is 0 Å². The lowest BCUT2D eigenvalue weighted by Crippen LogP contribution is -1.95. The molecule has 0 aromatic heterocycles. The summed E-state index contributed by atoms with van der Waals surface area (Å²) in [4.78, 5) is 0. The summed E-state index contributed by atoms with van der Waals surface area (Å²) in [5.74, 6) is 0. The van der Waals surface area contributed by atoms with E-state index in [-0.39, 0.29) is 0 Å². The first-order valence-corrected chi connectivity index (χ1v) is 18.1. The van der Waals surface area contributed by atoms with Gasteiger partial charge >= 0.3 is 0 Å². The van der Waals surface area contributed by atoms with E-state index in [1.54, 1.807) is 0 Å². The Bertz CT molecular complexity index is 3150. The molecule has 0 atom stereocenters. The molecule has 52 heavy (non-hydrogen) atoms. The third kappa shape index (κ3) is 4.16. The smallest absolute Gasteiger partial charge is 0.00137 e. The number of benzene rings is 11. The summed E-state index contributed by atoms with van der Waals surface area (Å²) in [7, 11) is 0. The largest absolute Gasteiger partial charge is 0.0622 e. The molecule has 0 radical (unpaired) electrons. The van der Waals surface area contributed by atoms with Crippen molar-refractivity contribution in [1.82, 2.24) is 0 Å². The van der Waals surface area contributed by atoms with Gasteiger partial charge in [-0.1, -0.05) is 194 Å². The molecule has 0 fully saturated rings. The Morgan fingerprint density at radius 3 is 1.50 bits per heavy atom.